The van der Waals surface area contributed by atoms with Gasteiger partial charge >= 0.3 is 5.91 Å². The van der Waals surface area contributed by atoms with E-state index >= 15 is 0 Å². The van der Waals surface area contributed by atoms with Crippen LogP contribution in [0.3, 0.4) is 0 Å². The number of nitrogens with zero attached hydrogens (tertiary/aromatic N) is 2. The van der Waals surface area contributed by atoms with Gasteiger partial charge in [-0.05, 0) is 25.7 Å². The summed E-state index contributed by atoms with van der Waals surface area (Å²) in [5.74, 6) is -1.68. The van der Waals surface area contributed by atoms with Crippen molar-refractivity contribution in [2.24, 2.45) is 0 Å². The molecular weight excluding hydrogens is 562 g/mol. The quantitative estimate of drug-likeness (QED) is 0.0477. The minimum atomic E-state index is -4.89. The van der Waals surface area contributed by atoms with Crippen molar-refractivity contribution in [1.82, 2.24) is 0 Å². The molecule has 0 rings (SSSR count). The third kappa shape index (κ3) is 38.1. The van der Waals surface area contributed by atoms with Gasteiger partial charge in [-0.15, -0.1) is 0 Å². The summed E-state index contributed by atoms with van der Waals surface area (Å²) < 4.78 is 18.5. The highest BCUT2D eigenvalue weighted by atomic mass is 31.2. The van der Waals surface area contributed by atoms with Crippen molar-refractivity contribution in [3.63, 3.8) is 0 Å². The van der Waals surface area contributed by atoms with E-state index in [0.717, 1.165) is 19.5 Å². The molecule has 0 spiro atoms. The molecule has 0 aromatic heterocycles. The Balaban J connectivity index is -0.00000116. The molecule has 246 valence electrons. The van der Waals surface area contributed by atoms with Crippen LogP contribution in [-0.4, -0.2) is 92.5 Å². The first-order chi connectivity index (χ1) is 18.1. The van der Waals surface area contributed by atoms with Crippen LogP contribution in [0, 0.1) is 0 Å². The normalized spacial score (nSPS) is 12.8. The highest BCUT2D eigenvalue weighted by Crippen LogP contribution is 2.22. The van der Waals surface area contributed by atoms with Gasteiger partial charge in [0.1, 0.15) is 0 Å². The van der Waals surface area contributed by atoms with E-state index < -0.39 is 21.6 Å². The van der Waals surface area contributed by atoms with E-state index in [1.807, 2.05) is 14.1 Å². The average molecular weight is 625 g/mol. The monoisotopic (exact) mass is 624 g/mol. The van der Waals surface area contributed by atoms with Gasteiger partial charge in [0.25, 0.3) is 15.6 Å². The highest BCUT2D eigenvalue weighted by Gasteiger charge is 2.47. The summed E-state index contributed by atoms with van der Waals surface area (Å²) in [7, 11) is -1.56. The van der Waals surface area contributed by atoms with Crippen molar-refractivity contribution in [2.75, 3.05) is 47.8 Å². The summed E-state index contributed by atoms with van der Waals surface area (Å²) >= 11 is 0. The maximum Gasteiger partial charge on any atom is 0.365 e. The van der Waals surface area contributed by atoms with Gasteiger partial charge in [0.05, 0.1) is 41.3 Å². The summed E-state index contributed by atoms with van der Waals surface area (Å²) in [6.07, 6.45) is 20.7. The Kier molecular flexibility index (Phi) is 26.2. The first-order valence-electron chi connectivity index (χ1n) is 14.7. The number of aliphatic hydroxyl groups is 2. The number of likely N-dealkylation sites (N-methyl/N-ethyl adjacent to an activating group) is 2. The van der Waals surface area contributed by atoms with Crippen molar-refractivity contribution in [3.05, 3.63) is 0 Å². The molecule has 0 aromatic rings. The molecule has 0 unspecified atom stereocenters. The topological polar surface area (TPSA) is 202 Å². The van der Waals surface area contributed by atoms with Gasteiger partial charge < -0.3 is 44.1 Å². The van der Waals surface area contributed by atoms with E-state index in [1.165, 1.54) is 96.3 Å². The van der Waals surface area contributed by atoms with Crippen LogP contribution in [0.15, 0.2) is 0 Å². The molecule has 40 heavy (non-hydrogen) atoms. The van der Waals surface area contributed by atoms with Crippen LogP contribution in [0.1, 0.15) is 117 Å². The van der Waals surface area contributed by atoms with Crippen LogP contribution in [0.4, 0.5) is 0 Å². The zero-order valence-corrected chi connectivity index (χ0v) is 27.8. The third-order valence-electron chi connectivity index (χ3n) is 6.80. The lowest BCUT2D eigenvalue weighted by Crippen LogP contribution is -2.67. The van der Waals surface area contributed by atoms with Gasteiger partial charge in [-0.1, -0.05) is 90.9 Å². The number of hydrogen-bond acceptors (Lipinski definition) is 6. The number of unbranched alkanes of at least 4 members (excludes halogenated alkanes) is 14. The Bertz CT molecular complexity index is 646. The van der Waals surface area contributed by atoms with Crippen molar-refractivity contribution in [1.29, 1.82) is 0 Å². The SMILES string of the molecule is CCCCCCCCCC[N+](C)(C)CC(O)(O)[N+](C)(C)CCCCCCCCCC.O=P([O-])(O)O.O=P([O-])(O)O. The Morgan fingerprint density at radius 1 is 0.550 bits per heavy atom. The van der Waals surface area contributed by atoms with E-state index in [1.54, 1.807) is 0 Å². The maximum absolute atomic E-state index is 10.9. The summed E-state index contributed by atoms with van der Waals surface area (Å²) in [6.45, 7) is 6.73. The fourth-order valence-electron chi connectivity index (χ4n) is 4.34. The van der Waals surface area contributed by atoms with Gasteiger partial charge in [-0.25, -0.2) is 0 Å². The molecule has 0 bridgehead atoms. The summed E-state index contributed by atoms with van der Waals surface area (Å²) in [5.41, 5.74) is 0. The average Bonchev–Trinajstić information content (AvgIpc) is 2.74. The molecule has 0 amide bonds. The summed E-state index contributed by atoms with van der Waals surface area (Å²) in [6, 6.07) is 0. The zero-order chi connectivity index (χ0) is 31.9. The standard InChI is InChI=1S/C26H58N2O2.2H3O4P/c1-7-9-11-13-15-17-19-21-23-27(3,4)25-26(29,30)28(5,6)24-22-20-18-16-14-12-10-8-2;2*1-5(2,3)4/h29-30H,7-25H2,1-6H3;2*(H3,1,2,3,4)/q+2;;/p-2. The van der Waals surface area contributed by atoms with Crippen molar-refractivity contribution in [2.45, 2.75) is 122 Å². The molecule has 0 aliphatic heterocycles. The van der Waals surface area contributed by atoms with E-state index in [0.29, 0.717) is 11.0 Å². The minimum Gasteiger partial charge on any atom is -0.756 e. The molecule has 0 heterocycles. The Morgan fingerprint density at radius 2 is 0.800 bits per heavy atom. The minimum absolute atomic E-state index is 0.266. The highest BCUT2D eigenvalue weighted by molar-refractivity contribution is 7.43. The lowest BCUT2D eigenvalue weighted by molar-refractivity contribution is -1.03. The zero-order valence-electron chi connectivity index (χ0n) is 26.0. The van der Waals surface area contributed by atoms with Crippen molar-refractivity contribution < 1.29 is 57.7 Å². The lowest BCUT2D eigenvalue weighted by atomic mass is 10.1. The molecule has 0 fully saturated rings. The van der Waals surface area contributed by atoms with Crippen LogP contribution in [0.2, 0.25) is 0 Å². The Labute approximate surface area is 243 Å². The number of hydrogen-bond donors (Lipinski definition) is 6. The van der Waals surface area contributed by atoms with Crippen molar-refractivity contribution >= 4 is 15.6 Å². The van der Waals surface area contributed by atoms with E-state index in [-0.39, 0.29) is 4.48 Å². The van der Waals surface area contributed by atoms with E-state index in [4.69, 9.17) is 38.5 Å². The molecule has 0 aromatic carbocycles. The van der Waals surface area contributed by atoms with Gasteiger partial charge in [-0.2, -0.15) is 0 Å². The second-order valence-corrected chi connectivity index (χ2v) is 13.9. The summed E-state index contributed by atoms with van der Waals surface area (Å²) in [4.78, 5) is 45.8. The molecule has 14 heteroatoms. The molecule has 12 nitrogen and oxygen atoms in total. The fourth-order valence-corrected chi connectivity index (χ4v) is 4.34. The number of phosphoric acid groups is 2. The smallest absolute Gasteiger partial charge is 0.365 e. The molecule has 6 N–H and O–H groups in total. The van der Waals surface area contributed by atoms with Crippen molar-refractivity contribution in [3.8, 4) is 0 Å². The van der Waals surface area contributed by atoms with Crippen LogP contribution in [0.25, 0.3) is 0 Å². The van der Waals surface area contributed by atoms with Crippen LogP contribution >= 0.6 is 15.6 Å². The summed E-state index contributed by atoms with van der Waals surface area (Å²) in [5, 5.41) is 21.8. The predicted octanol–water partition coefficient (Wildman–Crippen LogP) is 2.94. The van der Waals surface area contributed by atoms with E-state index in [9.17, 15) is 10.2 Å². The predicted molar refractivity (Wildman–Crippen MR) is 155 cm³/mol. The molecule has 0 aliphatic rings. The van der Waals surface area contributed by atoms with Crippen LogP contribution in [-0.2, 0) is 9.13 Å². The Morgan fingerprint density at radius 3 is 1.10 bits per heavy atom. The van der Waals surface area contributed by atoms with Gasteiger partial charge in [0, 0.05) is 0 Å². The van der Waals surface area contributed by atoms with Crippen LogP contribution in [0.5, 0.6) is 0 Å². The Hall–Kier alpha value is 0.0600. The van der Waals surface area contributed by atoms with E-state index in [2.05, 4.69) is 27.9 Å². The largest absolute Gasteiger partial charge is 0.756 e. The first kappa shape index (κ1) is 44.5. The first-order valence-corrected chi connectivity index (χ1v) is 17.8. The lowest BCUT2D eigenvalue weighted by Gasteiger charge is -2.44. The van der Waals surface area contributed by atoms with Gasteiger partial charge in [0.15, 0.2) is 6.54 Å². The molecule has 0 saturated carbocycles. The van der Waals surface area contributed by atoms with Gasteiger partial charge in [-0.3, -0.25) is 13.6 Å². The molecular formula is C26H62N2O10P2. The van der Waals surface area contributed by atoms with Gasteiger partial charge in [0.2, 0.25) is 0 Å². The third-order valence-corrected chi connectivity index (χ3v) is 6.80. The van der Waals surface area contributed by atoms with Crippen LogP contribution < -0.4 is 9.79 Å². The maximum atomic E-state index is 10.9. The second kappa shape index (κ2) is 23.5. The number of rotatable bonds is 21. The number of quaternary nitrogens is 2. The second-order valence-electron chi connectivity index (χ2n) is 11.9. The molecule has 0 saturated heterocycles. The molecule has 0 aliphatic carbocycles. The fraction of sp³-hybridized carbons (Fsp3) is 1.00. The molecule has 0 atom stereocenters. The molecule has 0 radical (unpaired) electrons.